The second-order valence-corrected chi connectivity index (χ2v) is 6.41. The summed E-state index contributed by atoms with van der Waals surface area (Å²) in [6.45, 7) is 2.64. The molecule has 2 aliphatic heterocycles. The number of fused-ring (bicyclic) bond motifs is 1. The smallest absolute Gasteiger partial charge is 0.319 e. The van der Waals surface area contributed by atoms with Gasteiger partial charge in [-0.2, -0.15) is 0 Å². The van der Waals surface area contributed by atoms with Crippen LogP contribution in [-0.4, -0.2) is 31.3 Å². The first kappa shape index (κ1) is 16.3. The predicted molar refractivity (Wildman–Crippen MR) is 96.7 cm³/mol. The highest BCUT2D eigenvalue weighted by Crippen LogP contribution is 2.34. The summed E-state index contributed by atoms with van der Waals surface area (Å²) >= 11 is 0. The first-order valence-electron chi connectivity index (χ1n) is 8.43. The molecule has 1 fully saturated rings. The molecule has 4 rings (SSSR count). The molecule has 3 amide bonds. The zero-order chi connectivity index (χ0) is 18.1. The van der Waals surface area contributed by atoms with Crippen LogP contribution in [0.15, 0.2) is 42.5 Å². The molecule has 1 atom stereocenters. The number of amides is 3. The minimum absolute atomic E-state index is 0.00207. The van der Waals surface area contributed by atoms with Crippen molar-refractivity contribution in [3.8, 4) is 11.5 Å². The lowest BCUT2D eigenvalue weighted by Crippen LogP contribution is -2.39. The molecule has 2 aromatic carbocycles. The van der Waals surface area contributed by atoms with E-state index in [2.05, 4.69) is 10.6 Å². The lowest BCUT2D eigenvalue weighted by molar-refractivity contribution is -0.117. The molecule has 2 aromatic rings. The van der Waals surface area contributed by atoms with Gasteiger partial charge in [0.2, 0.25) is 12.7 Å². The Kier molecular flexibility index (Phi) is 4.12. The van der Waals surface area contributed by atoms with Gasteiger partial charge in [0, 0.05) is 30.4 Å². The Morgan fingerprint density at radius 2 is 1.88 bits per heavy atom. The first-order valence-corrected chi connectivity index (χ1v) is 8.43. The molecule has 2 N–H and O–H groups in total. The van der Waals surface area contributed by atoms with Crippen LogP contribution in [0.3, 0.4) is 0 Å². The van der Waals surface area contributed by atoms with E-state index in [-0.39, 0.29) is 31.2 Å². The number of aryl methyl sites for hydroxylation is 1. The summed E-state index contributed by atoms with van der Waals surface area (Å²) in [5, 5.41) is 5.61. The topological polar surface area (TPSA) is 79.9 Å². The van der Waals surface area contributed by atoms with E-state index in [0.29, 0.717) is 23.7 Å². The fourth-order valence-corrected chi connectivity index (χ4v) is 3.11. The number of hydrogen-bond donors (Lipinski definition) is 2. The molecule has 0 saturated carbocycles. The molecule has 0 aliphatic carbocycles. The summed E-state index contributed by atoms with van der Waals surface area (Å²) in [5.74, 6) is 1.26. The Labute approximate surface area is 150 Å². The molecule has 2 heterocycles. The maximum atomic E-state index is 12.3. The molecule has 0 radical (unpaired) electrons. The summed E-state index contributed by atoms with van der Waals surface area (Å²) < 4.78 is 10.5. The maximum absolute atomic E-state index is 12.3. The summed E-state index contributed by atoms with van der Waals surface area (Å²) in [7, 11) is 0. The van der Waals surface area contributed by atoms with Gasteiger partial charge in [-0.1, -0.05) is 17.7 Å². The molecule has 7 heteroatoms. The quantitative estimate of drug-likeness (QED) is 0.889. The van der Waals surface area contributed by atoms with Gasteiger partial charge in [0.15, 0.2) is 11.5 Å². The lowest BCUT2D eigenvalue weighted by Gasteiger charge is -2.17. The summed E-state index contributed by atoms with van der Waals surface area (Å²) in [6, 6.07) is 12.4. The number of rotatable bonds is 3. The third-order valence-electron chi connectivity index (χ3n) is 4.44. The average Bonchev–Trinajstić information content (AvgIpc) is 3.21. The van der Waals surface area contributed by atoms with Gasteiger partial charge in [-0.05, 0) is 31.2 Å². The van der Waals surface area contributed by atoms with Crippen LogP contribution in [0.2, 0.25) is 0 Å². The van der Waals surface area contributed by atoms with Crippen molar-refractivity contribution in [1.29, 1.82) is 0 Å². The van der Waals surface area contributed by atoms with Crippen LogP contribution in [-0.2, 0) is 4.79 Å². The van der Waals surface area contributed by atoms with Crippen molar-refractivity contribution >= 4 is 23.3 Å². The molecule has 0 unspecified atom stereocenters. The highest BCUT2D eigenvalue weighted by Gasteiger charge is 2.31. The van der Waals surface area contributed by atoms with E-state index in [1.165, 1.54) is 0 Å². The van der Waals surface area contributed by atoms with E-state index >= 15 is 0 Å². The Morgan fingerprint density at radius 1 is 1.12 bits per heavy atom. The van der Waals surface area contributed by atoms with Crippen LogP contribution in [0.4, 0.5) is 16.2 Å². The molecule has 0 bridgehead atoms. The van der Waals surface area contributed by atoms with Crippen molar-refractivity contribution in [3.05, 3.63) is 48.0 Å². The van der Waals surface area contributed by atoms with Gasteiger partial charge >= 0.3 is 6.03 Å². The van der Waals surface area contributed by atoms with Gasteiger partial charge in [-0.25, -0.2) is 4.79 Å². The van der Waals surface area contributed by atoms with Crippen molar-refractivity contribution in [1.82, 2.24) is 5.32 Å². The van der Waals surface area contributed by atoms with Crippen LogP contribution in [0.5, 0.6) is 11.5 Å². The van der Waals surface area contributed by atoms with Gasteiger partial charge in [-0.3, -0.25) is 4.79 Å². The van der Waals surface area contributed by atoms with E-state index in [1.54, 1.807) is 23.1 Å². The highest BCUT2D eigenvalue weighted by atomic mass is 16.7. The number of carbonyl (C=O) groups excluding carboxylic acids is 2. The number of nitrogens with one attached hydrogen (secondary N) is 2. The van der Waals surface area contributed by atoms with Crippen LogP contribution in [0.25, 0.3) is 0 Å². The van der Waals surface area contributed by atoms with Crippen molar-refractivity contribution < 1.29 is 19.1 Å². The first-order chi connectivity index (χ1) is 12.6. The zero-order valence-corrected chi connectivity index (χ0v) is 14.3. The van der Waals surface area contributed by atoms with Gasteiger partial charge < -0.3 is 25.0 Å². The Balaban J connectivity index is 1.36. The van der Waals surface area contributed by atoms with Crippen LogP contribution >= 0.6 is 0 Å². The molecular weight excluding hydrogens is 334 g/mol. The summed E-state index contributed by atoms with van der Waals surface area (Å²) in [5.41, 5.74) is 2.59. The number of ether oxygens (including phenoxy) is 2. The van der Waals surface area contributed by atoms with E-state index in [4.69, 9.17) is 9.47 Å². The minimum Gasteiger partial charge on any atom is -0.454 e. The highest BCUT2D eigenvalue weighted by molar-refractivity contribution is 5.97. The number of benzene rings is 2. The minimum atomic E-state index is -0.354. The van der Waals surface area contributed by atoms with Gasteiger partial charge in [0.1, 0.15) is 0 Å². The lowest BCUT2D eigenvalue weighted by atomic mass is 10.2. The van der Waals surface area contributed by atoms with Gasteiger partial charge in [0.25, 0.3) is 0 Å². The molecule has 0 aromatic heterocycles. The number of nitrogens with zero attached hydrogens (tertiary/aromatic N) is 1. The number of urea groups is 1. The predicted octanol–water partition coefficient (Wildman–Crippen LogP) is 2.65. The van der Waals surface area contributed by atoms with Gasteiger partial charge in [-0.15, -0.1) is 0 Å². The number of anilines is 2. The van der Waals surface area contributed by atoms with Crippen molar-refractivity contribution in [2.24, 2.45) is 0 Å². The number of carbonyl (C=O) groups is 2. The van der Waals surface area contributed by atoms with Crippen LogP contribution in [0, 0.1) is 6.92 Å². The Bertz CT molecular complexity index is 850. The molecule has 26 heavy (non-hydrogen) atoms. The fourth-order valence-electron chi connectivity index (χ4n) is 3.11. The largest absolute Gasteiger partial charge is 0.454 e. The molecule has 2 aliphatic rings. The normalized spacial score (nSPS) is 18.1. The van der Waals surface area contributed by atoms with Crippen molar-refractivity contribution in [3.63, 3.8) is 0 Å². The van der Waals surface area contributed by atoms with Gasteiger partial charge in [0.05, 0.1) is 6.04 Å². The van der Waals surface area contributed by atoms with E-state index in [9.17, 15) is 9.59 Å². The van der Waals surface area contributed by atoms with E-state index in [1.807, 2.05) is 31.2 Å². The molecular formula is C19H19N3O4. The SMILES string of the molecule is Cc1ccc(N2C[C@@H](NC(=O)Nc3ccc4c(c3)OCO4)CC2=O)cc1. The average molecular weight is 353 g/mol. The van der Waals surface area contributed by atoms with Crippen LogP contribution in [0.1, 0.15) is 12.0 Å². The molecule has 0 spiro atoms. The second kappa shape index (κ2) is 6.59. The van der Waals surface area contributed by atoms with E-state index in [0.717, 1.165) is 11.3 Å². The van der Waals surface area contributed by atoms with Crippen LogP contribution < -0.4 is 25.0 Å². The summed E-state index contributed by atoms with van der Waals surface area (Å²) in [4.78, 5) is 26.2. The second-order valence-electron chi connectivity index (χ2n) is 6.41. The Morgan fingerprint density at radius 3 is 2.69 bits per heavy atom. The third kappa shape index (κ3) is 3.28. The zero-order valence-electron chi connectivity index (χ0n) is 14.3. The number of hydrogen-bond acceptors (Lipinski definition) is 4. The van der Waals surface area contributed by atoms with E-state index < -0.39 is 0 Å². The van der Waals surface area contributed by atoms with Crippen molar-refractivity contribution in [2.75, 3.05) is 23.6 Å². The maximum Gasteiger partial charge on any atom is 0.319 e. The molecule has 1 saturated heterocycles. The van der Waals surface area contributed by atoms with Crippen molar-refractivity contribution in [2.45, 2.75) is 19.4 Å². The standard InChI is InChI=1S/C19H19N3O4/c1-12-2-5-15(6-3-12)22-10-14(9-18(22)23)21-19(24)20-13-4-7-16-17(8-13)26-11-25-16/h2-8,14H,9-11H2,1H3,(H2,20,21,24)/t14-/m0/s1. The molecule has 7 nitrogen and oxygen atoms in total. The third-order valence-corrected chi connectivity index (χ3v) is 4.44. The fraction of sp³-hybridized carbons (Fsp3) is 0.263. The monoisotopic (exact) mass is 353 g/mol. The summed E-state index contributed by atoms with van der Waals surface area (Å²) in [6.07, 6.45) is 0.280. The molecule has 134 valence electrons. The Hall–Kier alpha value is -3.22.